The van der Waals surface area contributed by atoms with Crippen molar-refractivity contribution >= 4 is 21.9 Å². The van der Waals surface area contributed by atoms with Crippen molar-refractivity contribution in [3.63, 3.8) is 0 Å². The van der Waals surface area contributed by atoms with Gasteiger partial charge < -0.3 is 4.74 Å². The van der Waals surface area contributed by atoms with Gasteiger partial charge in [0.1, 0.15) is 17.8 Å². The van der Waals surface area contributed by atoms with Crippen LogP contribution in [0.5, 0.6) is 5.88 Å². The second kappa shape index (κ2) is 7.88. The number of alkyl halides is 3. The highest BCUT2D eigenvalue weighted by molar-refractivity contribution is 7.98. The SMILES string of the molecule is CSc1ncc(C(F)(F)F)c(OC2CCC2OS(=O)(=O)c2ccc(C)cc2)n1. The van der Waals surface area contributed by atoms with Crippen LogP contribution in [0.1, 0.15) is 24.0 Å². The van der Waals surface area contributed by atoms with Crippen molar-refractivity contribution in [2.24, 2.45) is 0 Å². The second-order valence-electron chi connectivity index (χ2n) is 6.21. The van der Waals surface area contributed by atoms with Gasteiger partial charge in [-0.3, -0.25) is 4.18 Å². The maximum atomic E-state index is 13.2. The maximum absolute atomic E-state index is 13.2. The van der Waals surface area contributed by atoms with Gasteiger partial charge in [0, 0.05) is 6.20 Å². The summed E-state index contributed by atoms with van der Waals surface area (Å²) in [4.78, 5) is 7.39. The number of nitrogens with zero attached hydrogens (tertiary/aromatic N) is 2. The fourth-order valence-corrected chi connectivity index (χ4v) is 3.94. The quantitative estimate of drug-likeness (QED) is 0.388. The van der Waals surface area contributed by atoms with Crippen molar-refractivity contribution < 1.29 is 30.5 Å². The number of aryl methyl sites for hydroxylation is 1. The molecule has 0 N–H and O–H groups in total. The van der Waals surface area contributed by atoms with Crippen molar-refractivity contribution in [1.82, 2.24) is 9.97 Å². The number of aromatic nitrogens is 2. The predicted octanol–water partition coefficient (Wildman–Crippen LogP) is 3.84. The zero-order valence-corrected chi connectivity index (χ0v) is 16.6. The van der Waals surface area contributed by atoms with E-state index in [1.54, 1.807) is 18.4 Å². The highest BCUT2D eigenvalue weighted by atomic mass is 32.2. The van der Waals surface area contributed by atoms with E-state index in [1.165, 1.54) is 12.1 Å². The van der Waals surface area contributed by atoms with Gasteiger partial charge in [0.05, 0.1) is 4.90 Å². The molecule has 2 atom stereocenters. The lowest BCUT2D eigenvalue weighted by atomic mass is 9.92. The Morgan fingerprint density at radius 2 is 1.79 bits per heavy atom. The second-order valence-corrected chi connectivity index (χ2v) is 8.55. The minimum atomic E-state index is -4.69. The summed E-state index contributed by atoms with van der Waals surface area (Å²) in [5, 5.41) is 0.118. The van der Waals surface area contributed by atoms with Gasteiger partial charge in [0.25, 0.3) is 10.1 Å². The molecular formula is C17H17F3N2O4S2. The van der Waals surface area contributed by atoms with E-state index < -0.39 is 39.9 Å². The molecule has 1 heterocycles. The van der Waals surface area contributed by atoms with E-state index in [0.717, 1.165) is 17.3 Å². The van der Waals surface area contributed by atoms with Crippen molar-refractivity contribution in [2.75, 3.05) is 6.26 Å². The molecule has 3 rings (SSSR count). The molecule has 0 spiro atoms. The normalized spacial score (nSPS) is 19.9. The van der Waals surface area contributed by atoms with Gasteiger partial charge in [-0.2, -0.15) is 26.6 Å². The highest BCUT2D eigenvalue weighted by Crippen LogP contribution is 2.38. The number of ether oxygens (including phenoxy) is 1. The summed E-state index contributed by atoms with van der Waals surface area (Å²) >= 11 is 1.07. The Balaban J connectivity index is 1.77. The van der Waals surface area contributed by atoms with Crippen LogP contribution in [0.2, 0.25) is 0 Å². The molecule has 152 valence electrons. The van der Waals surface area contributed by atoms with Crippen LogP contribution in [0.3, 0.4) is 0 Å². The molecule has 28 heavy (non-hydrogen) atoms. The molecule has 0 amide bonds. The predicted molar refractivity (Wildman–Crippen MR) is 95.7 cm³/mol. The first-order valence-electron chi connectivity index (χ1n) is 8.25. The largest absolute Gasteiger partial charge is 0.471 e. The molecule has 0 radical (unpaired) electrons. The van der Waals surface area contributed by atoms with Crippen LogP contribution in [0.25, 0.3) is 0 Å². The van der Waals surface area contributed by atoms with Gasteiger partial charge >= 0.3 is 6.18 Å². The maximum Gasteiger partial charge on any atom is 0.423 e. The third-order valence-corrected chi connectivity index (χ3v) is 6.10. The molecule has 2 aromatic rings. The molecule has 1 fully saturated rings. The molecule has 6 nitrogen and oxygen atoms in total. The third kappa shape index (κ3) is 4.58. The molecule has 2 unspecified atom stereocenters. The Labute approximate surface area is 164 Å². The van der Waals surface area contributed by atoms with Gasteiger partial charge in [-0.1, -0.05) is 29.5 Å². The van der Waals surface area contributed by atoms with E-state index in [0.29, 0.717) is 19.0 Å². The molecule has 1 aromatic heterocycles. The van der Waals surface area contributed by atoms with E-state index >= 15 is 0 Å². The van der Waals surface area contributed by atoms with Gasteiger partial charge in [-0.05, 0) is 38.2 Å². The Bertz CT molecular complexity index is 950. The molecule has 1 aliphatic rings. The van der Waals surface area contributed by atoms with Crippen molar-refractivity contribution in [2.45, 2.75) is 48.2 Å². The van der Waals surface area contributed by atoms with Gasteiger partial charge in [0.2, 0.25) is 5.88 Å². The zero-order valence-electron chi connectivity index (χ0n) is 14.9. The van der Waals surface area contributed by atoms with Crippen LogP contribution in [0.4, 0.5) is 13.2 Å². The number of benzene rings is 1. The van der Waals surface area contributed by atoms with Gasteiger partial charge in [0.15, 0.2) is 5.16 Å². The zero-order chi connectivity index (χ0) is 20.5. The summed E-state index contributed by atoms with van der Waals surface area (Å²) < 4.78 is 74.9. The van der Waals surface area contributed by atoms with Crippen LogP contribution >= 0.6 is 11.8 Å². The molecule has 0 bridgehead atoms. The first-order valence-corrected chi connectivity index (χ1v) is 10.9. The number of hydrogen-bond acceptors (Lipinski definition) is 7. The van der Waals surface area contributed by atoms with Gasteiger partial charge in [-0.25, -0.2) is 4.98 Å². The Kier molecular flexibility index (Phi) is 5.87. The van der Waals surface area contributed by atoms with Crippen molar-refractivity contribution in [1.29, 1.82) is 0 Å². The number of thioether (sulfide) groups is 1. The minimum absolute atomic E-state index is 0.0218. The van der Waals surface area contributed by atoms with E-state index in [4.69, 9.17) is 8.92 Å². The topological polar surface area (TPSA) is 78.4 Å². The monoisotopic (exact) mass is 434 g/mol. The first-order chi connectivity index (χ1) is 13.1. The lowest BCUT2D eigenvalue weighted by molar-refractivity contribution is -0.141. The lowest BCUT2D eigenvalue weighted by Crippen LogP contribution is -2.45. The standard InChI is InChI=1S/C17H17F3N2O4S2/c1-10-3-5-11(6-4-10)28(23,24)26-14-8-7-13(14)25-15-12(17(18,19)20)9-21-16(22-15)27-2/h3-6,9,13-14H,7-8H2,1-2H3. The Hall–Kier alpha value is -1.85. The van der Waals surface area contributed by atoms with E-state index in [1.807, 2.05) is 6.92 Å². The Morgan fingerprint density at radius 1 is 1.14 bits per heavy atom. The number of hydrogen-bond donors (Lipinski definition) is 0. The van der Waals surface area contributed by atoms with Crippen molar-refractivity contribution in [3.05, 3.63) is 41.6 Å². The lowest BCUT2D eigenvalue weighted by Gasteiger charge is -2.35. The summed E-state index contributed by atoms with van der Waals surface area (Å²) in [5.74, 6) is -0.627. The highest BCUT2D eigenvalue weighted by Gasteiger charge is 2.42. The molecule has 1 aromatic carbocycles. The molecule has 0 saturated heterocycles. The molecule has 1 aliphatic carbocycles. The third-order valence-electron chi connectivity index (χ3n) is 4.19. The molecule has 1 saturated carbocycles. The molecule has 0 aliphatic heterocycles. The average molecular weight is 434 g/mol. The fraction of sp³-hybridized carbons (Fsp3) is 0.412. The van der Waals surface area contributed by atoms with E-state index in [9.17, 15) is 21.6 Å². The van der Waals surface area contributed by atoms with Crippen LogP contribution in [-0.2, 0) is 20.5 Å². The summed E-state index contributed by atoms with van der Waals surface area (Å²) in [5.41, 5.74) is -0.228. The Morgan fingerprint density at radius 3 is 2.32 bits per heavy atom. The van der Waals surface area contributed by atoms with Crippen LogP contribution < -0.4 is 4.74 Å². The van der Waals surface area contributed by atoms with Crippen molar-refractivity contribution in [3.8, 4) is 5.88 Å². The number of halogens is 3. The molecule has 11 heteroatoms. The molecular weight excluding hydrogens is 417 g/mol. The summed E-state index contributed by atoms with van der Waals surface area (Å²) in [6.45, 7) is 1.82. The summed E-state index contributed by atoms with van der Waals surface area (Å²) in [7, 11) is -4.05. The van der Waals surface area contributed by atoms with E-state index in [2.05, 4.69) is 9.97 Å². The average Bonchev–Trinajstić information content (AvgIpc) is 2.62. The summed E-state index contributed by atoms with van der Waals surface area (Å²) in [6, 6.07) is 6.09. The van der Waals surface area contributed by atoms with Crippen LogP contribution in [0, 0.1) is 6.92 Å². The number of rotatable bonds is 6. The van der Waals surface area contributed by atoms with E-state index in [-0.39, 0.29) is 10.1 Å². The van der Waals surface area contributed by atoms with Crippen LogP contribution in [-0.4, -0.2) is 36.8 Å². The first kappa shape index (κ1) is 20.9. The smallest absolute Gasteiger partial charge is 0.423 e. The van der Waals surface area contributed by atoms with Crippen LogP contribution in [0.15, 0.2) is 40.5 Å². The minimum Gasteiger partial charge on any atom is -0.471 e. The van der Waals surface area contributed by atoms with Gasteiger partial charge in [-0.15, -0.1) is 0 Å². The summed E-state index contributed by atoms with van der Waals surface area (Å²) in [6.07, 6.45) is -3.46. The fourth-order valence-electron chi connectivity index (χ4n) is 2.48.